The standard InChI is InChI=1S/C11H15NO3S/c1-15-10-2-4-11(5-3-10)16(13,14)8-9-6-12-7-9/h2-5,9,12H,6-8H2,1H3. The van der Waals surface area contributed by atoms with Gasteiger partial charge in [0.15, 0.2) is 9.84 Å². The van der Waals surface area contributed by atoms with Crippen LogP contribution in [0.25, 0.3) is 0 Å². The van der Waals surface area contributed by atoms with Gasteiger partial charge < -0.3 is 10.1 Å². The summed E-state index contributed by atoms with van der Waals surface area (Å²) in [6.07, 6.45) is 0. The first-order valence-corrected chi connectivity index (χ1v) is 6.84. The van der Waals surface area contributed by atoms with Crippen LogP contribution in [0.4, 0.5) is 0 Å². The van der Waals surface area contributed by atoms with E-state index in [2.05, 4.69) is 5.32 Å². The van der Waals surface area contributed by atoms with Crippen molar-refractivity contribution in [2.75, 3.05) is 26.0 Å². The number of rotatable bonds is 4. The van der Waals surface area contributed by atoms with Crippen molar-refractivity contribution in [3.05, 3.63) is 24.3 Å². The summed E-state index contributed by atoms with van der Waals surface area (Å²) in [7, 11) is -1.58. The molecule has 0 aromatic heterocycles. The normalized spacial score (nSPS) is 16.8. The lowest BCUT2D eigenvalue weighted by Crippen LogP contribution is -2.45. The summed E-state index contributed by atoms with van der Waals surface area (Å²) in [5.74, 6) is 1.16. The molecule has 0 spiro atoms. The monoisotopic (exact) mass is 241 g/mol. The highest BCUT2D eigenvalue weighted by Crippen LogP contribution is 2.19. The second-order valence-electron chi connectivity index (χ2n) is 3.98. The number of methoxy groups -OCH3 is 1. The summed E-state index contributed by atoms with van der Waals surface area (Å²) in [6.45, 7) is 1.60. The lowest BCUT2D eigenvalue weighted by Gasteiger charge is -2.26. The molecular formula is C11H15NO3S. The van der Waals surface area contributed by atoms with Gasteiger partial charge in [-0.25, -0.2) is 8.42 Å². The van der Waals surface area contributed by atoms with Crippen molar-refractivity contribution >= 4 is 9.84 Å². The average molecular weight is 241 g/mol. The zero-order chi connectivity index (χ0) is 11.6. The molecule has 1 aromatic carbocycles. The first-order valence-electron chi connectivity index (χ1n) is 5.19. The number of hydrogen-bond donors (Lipinski definition) is 1. The molecule has 0 amide bonds. The van der Waals surface area contributed by atoms with Crippen molar-refractivity contribution in [3.8, 4) is 5.75 Å². The van der Waals surface area contributed by atoms with Crippen LogP contribution >= 0.6 is 0 Å². The fourth-order valence-corrected chi connectivity index (χ4v) is 3.26. The summed E-state index contributed by atoms with van der Waals surface area (Å²) >= 11 is 0. The molecule has 88 valence electrons. The summed E-state index contributed by atoms with van der Waals surface area (Å²) in [5.41, 5.74) is 0. The fourth-order valence-electron chi connectivity index (χ4n) is 1.66. The molecule has 2 rings (SSSR count). The Morgan fingerprint density at radius 3 is 2.38 bits per heavy atom. The third-order valence-corrected chi connectivity index (χ3v) is 4.64. The van der Waals surface area contributed by atoms with Gasteiger partial charge in [-0.15, -0.1) is 0 Å². The van der Waals surface area contributed by atoms with Crippen LogP contribution in [0, 0.1) is 5.92 Å². The van der Waals surface area contributed by atoms with E-state index in [-0.39, 0.29) is 11.7 Å². The molecule has 4 nitrogen and oxygen atoms in total. The summed E-state index contributed by atoms with van der Waals surface area (Å²) in [6, 6.07) is 6.54. The molecule has 1 aliphatic heterocycles. The fraction of sp³-hybridized carbons (Fsp3) is 0.455. The molecule has 1 fully saturated rings. The maximum Gasteiger partial charge on any atom is 0.178 e. The van der Waals surface area contributed by atoms with Crippen LogP contribution in [0.1, 0.15) is 0 Å². The lowest BCUT2D eigenvalue weighted by molar-refractivity contribution is 0.378. The maximum atomic E-state index is 12.0. The smallest absolute Gasteiger partial charge is 0.178 e. The van der Waals surface area contributed by atoms with Crippen LogP contribution < -0.4 is 10.1 Å². The van der Waals surface area contributed by atoms with Gasteiger partial charge in [0.1, 0.15) is 5.75 Å². The van der Waals surface area contributed by atoms with E-state index < -0.39 is 9.84 Å². The van der Waals surface area contributed by atoms with Crippen LogP contribution in [0.3, 0.4) is 0 Å². The summed E-state index contributed by atoms with van der Waals surface area (Å²) < 4.78 is 28.9. The molecule has 0 bridgehead atoms. The van der Waals surface area contributed by atoms with Crippen LogP contribution in [0.2, 0.25) is 0 Å². The van der Waals surface area contributed by atoms with Crippen molar-refractivity contribution in [2.24, 2.45) is 5.92 Å². The van der Waals surface area contributed by atoms with Gasteiger partial charge in [-0.3, -0.25) is 0 Å². The highest BCUT2D eigenvalue weighted by atomic mass is 32.2. The Kier molecular flexibility index (Phi) is 3.16. The predicted molar refractivity (Wildman–Crippen MR) is 61.4 cm³/mol. The number of ether oxygens (including phenoxy) is 1. The Hall–Kier alpha value is -1.07. The van der Waals surface area contributed by atoms with E-state index in [1.807, 2.05) is 0 Å². The molecule has 0 aliphatic carbocycles. The van der Waals surface area contributed by atoms with Crippen LogP contribution in [0.5, 0.6) is 5.75 Å². The van der Waals surface area contributed by atoms with E-state index in [9.17, 15) is 8.42 Å². The predicted octanol–water partition coefficient (Wildman–Crippen LogP) is 0.688. The zero-order valence-electron chi connectivity index (χ0n) is 9.14. The van der Waals surface area contributed by atoms with Gasteiger partial charge in [-0.2, -0.15) is 0 Å². The number of nitrogens with one attached hydrogen (secondary N) is 1. The molecule has 0 atom stereocenters. The SMILES string of the molecule is COc1ccc(S(=O)(=O)CC2CNC2)cc1. The topological polar surface area (TPSA) is 55.4 Å². The Morgan fingerprint density at radius 2 is 1.94 bits per heavy atom. The molecule has 0 radical (unpaired) electrons. The molecule has 5 heteroatoms. The van der Waals surface area contributed by atoms with Crippen molar-refractivity contribution < 1.29 is 13.2 Å². The first kappa shape index (κ1) is 11.4. The molecule has 1 aliphatic rings. The summed E-state index contributed by atoms with van der Waals surface area (Å²) in [5, 5.41) is 3.07. The molecule has 16 heavy (non-hydrogen) atoms. The lowest BCUT2D eigenvalue weighted by atomic mass is 10.1. The maximum absolute atomic E-state index is 12.0. The largest absolute Gasteiger partial charge is 0.497 e. The van der Waals surface area contributed by atoms with Gasteiger partial charge in [0.05, 0.1) is 17.8 Å². The third kappa shape index (κ3) is 2.36. The Balaban J connectivity index is 2.14. The van der Waals surface area contributed by atoms with Crippen molar-refractivity contribution in [3.63, 3.8) is 0 Å². The van der Waals surface area contributed by atoms with Gasteiger partial charge in [-0.05, 0) is 30.2 Å². The molecule has 1 aromatic rings. The van der Waals surface area contributed by atoms with Gasteiger partial charge in [0, 0.05) is 13.1 Å². The van der Waals surface area contributed by atoms with E-state index in [0.29, 0.717) is 10.6 Å². The minimum atomic E-state index is -3.14. The van der Waals surface area contributed by atoms with Gasteiger partial charge >= 0.3 is 0 Å². The van der Waals surface area contributed by atoms with Crippen LogP contribution in [-0.2, 0) is 9.84 Å². The van der Waals surface area contributed by atoms with E-state index in [1.54, 1.807) is 31.4 Å². The Labute approximate surface area is 95.5 Å². The van der Waals surface area contributed by atoms with Gasteiger partial charge in [-0.1, -0.05) is 0 Å². The quantitative estimate of drug-likeness (QED) is 0.842. The van der Waals surface area contributed by atoms with Crippen LogP contribution in [0.15, 0.2) is 29.2 Å². The molecule has 1 heterocycles. The van der Waals surface area contributed by atoms with Crippen molar-refractivity contribution in [2.45, 2.75) is 4.90 Å². The minimum Gasteiger partial charge on any atom is -0.497 e. The van der Waals surface area contributed by atoms with E-state index in [1.165, 1.54) is 0 Å². The molecular weight excluding hydrogens is 226 g/mol. The van der Waals surface area contributed by atoms with E-state index >= 15 is 0 Å². The second kappa shape index (κ2) is 4.43. The number of sulfone groups is 1. The highest BCUT2D eigenvalue weighted by molar-refractivity contribution is 7.91. The summed E-state index contributed by atoms with van der Waals surface area (Å²) in [4.78, 5) is 0.375. The van der Waals surface area contributed by atoms with Crippen LogP contribution in [-0.4, -0.2) is 34.4 Å². The zero-order valence-corrected chi connectivity index (χ0v) is 9.96. The molecule has 1 N–H and O–H groups in total. The van der Waals surface area contributed by atoms with E-state index in [0.717, 1.165) is 13.1 Å². The molecule has 0 saturated carbocycles. The average Bonchev–Trinajstić information content (AvgIpc) is 2.24. The van der Waals surface area contributed by atoms with Crippen molar-refractivity contribution in [1.29, 1.82) is 0 Å². The van der Waals surface area contributed by atoms with Gasteiger partial charge in [0.2, 0.25) is 0 Å². The van der Waals surface area contributed by atoms with E-state index in [4.69, 9.17) is 4.74 Å². The number of hydrogen-bond acceptors (Lipinski definition) is 4. The molecule has 0 unspecified atom stereocenters. The second-order valence-corrected chi connectivity index (χ2v) is 6.02. The van der Waals surface area contributed by atoms with Gasteiger partial charge in [0.25, 0.3) is 0 Å². The third-order valence-electron chi connectivity index (χ3n) is 2.74. The van der Waals surface area contributed by atoms with Crippen molar-refractivity contribution in [1.82, 2.24) is 5.32 Å². The first-order chi connectivity index (χ1) is 7.62. The highest BCUT2D eigenvalue weighted by Gasteiger charge is 2.25. The molecule has 1 saturated heterocycles. The Bertz CT molecular complexity index is 449. The minimum absolute atomic E-state index is 0.229. The Morgan fingerprint density at radius 1 is 1.31 bits per heavy atom. The number of benzene rings is 1.